The molecule has 1 atom stereocenters. The molecule has 0 bridgehead atoms. The lowest BCUT2D eigenvalue weighted by molar-refractivity contribution is 0.396. The number of nitrogens with zero attached hydrogens (tertiary/aromatic N) is 1. The monoisotopic (exact) mass is 274 g/mol. The summed E-state index contributed by atoms with van der Waals surface area (Å²) in [5.41, 5.74) is 9.22. The fourth-order valence-electron chi connectivity index (χ4n) is 2.57. The van der Waals surface area contributed by atoms with E-state index < -0.39 is 5.54 Å². The third-order valence-corrected chi connectivity index (χ3v) is 3.44. The van der Waals surface area contributed by atoms with E-state index in [1.54, 1.807) is 13.2 Å². The second kappa shape index (κ2) is 5.21. The van der Waals surface area contributed by atoms with Gasteiger partial charge in [0.2, 0.25) is 0 Å². The van der Waals surface area contributed by atoms with Gasteiger partial charge in [0.25, 0.3) is 0 Å². The van der Waals surface area contributed by atoms with Gasteiger partial charge in [-0.2, -0.15) is 0 Å². The molecule has 1 aromatic heterocycles. The molecule has 0 aliphatic rings. The Balaban J connectivity index is 2.62. The van der Waals surface area contributed by atoms with E-state index in [-0.39, 0.29) is 5.82 Å². The standard InChI is InChI=1S/C16H19FN2O/c1-10-7-11(2)15(13(8-10)20-4)16(3,18)14-6-5-12(17)9-19-14/h5-9H,18H2,1-4H3. The van der Waals surface area contributed by atoms with Gasteiger partial charge in [0.15, 0.2) is 0 Å². The lowest BCUT2D eigenvalue weighted by Crippen LogP contribution is -2.36. The Morgan fingerprint density at radius 2 is 1.95 bits per heavy atom. The quantitative estimate of drug-likeness (QED) is 0.935. The highest BCUT2D eigenvalue weighted by atomic mass is 19.1. The summed E-state index contributed by atoms with van der Waals surface area (Å²) in [6.07, 6.45) is 1.18. The Morgan fingerprint density at radius 1 is 1.25 bits per heavy atom. The Labute approximate surface area is 118 Å². The molecule has 1 heterocycles. The van der Waals surface area contributed by atoms with Crippen molar-refractivity contribution in [2.24, 2.45) is 5.73 Å². The van der Waals surface area contributed by atoms with Crippen molar-refractivity contribution < 1.29 is 9.13 Å². The number of aromatic nitrogens is 1. The summed E-state index contributed by atoms with van der Waals surface area (Å²) in [6, 6.07) is 6.96. The number of nitrogens with two attached hydrogens (primary N) is 1. The molecule has 20 heavy (non-hydrogen) atoms. The lowest BCUT2D eigenvalue weighted by Gasteiger charge is -2.28. The number of hydrogen-bond donors (Lipinski definition) is 1. The van der Waals surface area contributed by atoms with Crippen LogP contribution in [0.3, 0.4) is 0 Å². The summed E-state index contributed by atoms with van der Waals surface area (Å²) < 4.78 is 18.5. The molecule has 4 heteroatoms. The first kappa shape index (κ1) is 14.5. The van der Waals surface area contributed by atoms with Crippen LogP contribution in [0.5, 0.6) is 5.75 Å². The summed E-state index contributed by atoms with van der Waals surface area (Å²) >= 11 is 0. The number of rotatable bonds is 3. The molecule has 0 aliphatic heterocycles. The summed E-state index contributed by atoms with van der Waals surface area (Å²) in [5, 5.41) is 0. The second-order valence-electron chi connectivity index (χ2n) is 5.22. The molecule has 0 saturated carbocycles. The highest BCUT2D eigenvalue weighted by Crippen LogP contribution is 2.35. The van der Waals surface area contributed by atoms with Gasteiger partial charge >= 0.3 is 0 Å². The first-order valence-corrected chi connectivity index (χ1v) is 6.43. The molecule has 0 fully saturated rings. The zero-order chi connectivity index (χ0) is 14.9. The Morgan fingerprint density at radius 3 is 2.50 bits per heavy atom. The number of methoxy groups -OCH3 is 1. The molecule has 1 aromatic carbocycles. The Bertz CT molecular complexity index is 621. The van der Waals surface area contributed by atoms with Crippen LogP contribution in [0, 0.1) is 19.7 Å². The molecular weight excluding hydrogens is 255 g/mol. The van der Waals surface area contributed by atoms with Gasteiger partial charge in [-0.25, -0.2) is 4.39 Å². The first-order valence-electron chi connectivity index (χ1n) is 6.43. The van der Waals surface area contributed by atoms with Gasteiger partial charge in [-0.1, -0.05) is 6.07 Å². The Kier molecular flexibility index (Phi) is 3.77. The van der Waals surface area contributed by atoms with Gasteiger partial charge in [0.05, 0.1) is 24.5 Å². The van der Waals surface area contributed by atoms with E-state index in [0.717, 1.165) is 22.4 Å². The average Bonchev–Trinajstić information content (AvgIpc) is 2.37. The number of aryl methyl sites for hydroxylation is 2. The minimum absolute atomic E-state index is 0.378. The minimum atomic E-state index is -0.850. The predicted octanol–water partition coefficient (Wildman–Crippen LogP) is 3.07. The number of hydrogen-bond acceptors (Lipinski definition) is 3. The van der Waals surface area contributed by atoms with Gasteiger partial charge in [0.1, 0.15) is 11.6 Å². The second-order valence-corrected chi connectivity index (χ2v) is 5.22. The van der Waals surface area contributed by atoms with Crippen LogP contribution in [0.2, 0.25) is 0 Å². The summed E-state index contributed by atoms with van der Waals surface area (Å²) in [7, 11) is 1.62. The molecule has 0 aliphatic carbocycles. The molecule has 2 aromatic rings. The zero-order valence-electron chi connectivity index (χ0n) is 12.2. The lowest BCUT2D eigenvalue weighted by atomic mass is 9.84. The maximum atomic E-state index is 13.0. The fourth-order valence-corrected chi connectivity index (χ4v) is 2.57. The van der Waals surface area contributed by atoms with Crippen molar-refractivity contribution in [2.75, 3.05) is 7.11 Å². The maximum Gasteiger partial charge on any atom is 0.141 e. The van der Waals surface area contributed by atoms with E-state index in [0.29, 0.717) is 5.69 Å². The number of ether oxygens (including phenoxy) is 1. The van der Waals surface area contributed by atoms with Gasteiger partial charge in [-0.15, -0.1) is 0 Å². The van der Waals surface area contributed by atoms with Crippen molar-refractivity contribution >= 4 is 0 Å². The zero-order valence-corrected chi connectivity index (χ0v) is 12.2. The largest absolute Gasteiger partial charge is 0.496 e. The molecule has 0 radical (unpaired) electrons. The van der Waals surface area contributed by atoms with Crippen molar-refractivity contribution in [1.82, 2.24) is 4.98 Å². The van der Waals surface area contributed by atoms with Crippen molar-refractivity contribution in [2.45, 2.75) is 26.3 Å². The molecular formula is C16H19FN2O. The van der Waals surface area contributed by atoms with Crippen LogP contribution >= 0.6 is 0 Å². The molecule has 2 rings (SSSR count). The van der Waals surface area contributed by atoms with Crippen molar-refractivity contribution in [1.29, 1.82) is 0 Å². The fraction of sp³-hybridized carbons (Fsp3) is 0.312. The number of halogens is 1. The van der Waals surface area contributed by atoms with E-state index in [2.05, 4.69) is 4.98 Å². The molecule has 3 nitrogen and oxygen atoms in total. The average molecular weight is 274 g/mol. The topological polar surface area (TPSA) is 48.1 Å². The van der Waals surface area contributed by atoms with Crippen molar-refractivity contribution in [3.8, 4) is 5.75 Å². The predicted molar refractivity (Wildman–Crippen MR) is 77.3 cm³/mol. The van der Waals surface area contributed by atoms with Gasteiger partial charge in [0, 0.05) is 5.56 Å². The summed E-state index contributed by atoms with van der Waals surface area (Å²) in [5.74, 6) is 0.343. The van der Waals surface area contributed by atoms with Crippen LogP contribution in [0.25, 0.3) is 0 Å². The van der Waals surface area contributed by atoms with E-state index in [1.165, 1.54) is 12.3 Å². The Hall–Kier alpha value is -1.94. The molecule has 0 spiro atoms. The highest BCUT2D eigenvalue weighted by molar-refractivity contribution is 5.50. The van der Waals surface area contributed by atoms with E-state index in [9.17, 15) is 4.39 Å². The third-order valence-electron chi connectivity index (χ3n) is 3.44. The van der Waals surface area contributed by atoms with Crippen LogP contribution in [-0.4, -0.2) is 12.1 Å². The SMILES string of the molecule is COc1cc(C)cc(C)c1C(C)(N)c1ccc(F)cn1. The molecule has 106 valence electrons. The summed E-state index contributed by atoms with van der Waals surface area (Å²) in [6.45, 7) is 5.84. The van der Waals surface area contributed by atoms with Gasteiger partial charge < -0.3 is 10.5 Å². The molecule has 1 unspecified atom stereocenters. The minimum Gasteiger partial charge on any atom is -0.496 e. The highest BCUT2D eigenvalue weighted by Gasteiger charge is 2.30. The molecule has 0 saturated heterocycles. The van der Waals surface area contributed by atoms with Crippen LogP contribution in [-0.2, 0) is 5.54 Å². The molecule has 2 N–H and O–H groups in total. The van der Waals surface area contributed by atoms with Crippen LogP contribution in [0.4, 0.5) is 4.39 Å². The van der Waals surface area contributed by atoms with Crippen LogP contribution in [0.15, 0.2) is 30.5 Å². The van der Waals surface area contributed by atoms with Crippen molar-refractivity contribution in [3.63, 3.8) is 0 Å². The smallest absolute Gasteiger partial charge is 0.141 e. The van der Waals surface area contributed by atoms with E-state index in [4.69, 9.17) is 10.5 Å². The maximum absolute atomic E-state index is 13.0. The van der Waals surface area contributed by atoms with E-state index in [1.807, 2.05) is 32.9 Å². The van der Waals surface area contributed by atoms with Crippen molar-refractivity contribution in [3.05, 3.63) is 58.7 Å². The van der Waals surface area contributed by atoms with Crippen LogP contribution < -0.4 is 10.5 Å². The third kappa shape index (κ3) is 2.51. The molecule has 0 amide bonds. The number of benzene rings is 1. The van der Waals surface area contributed by atoms with E-state index >= 15 is 0 Å². The van der Waals surface area contributed by atoms with Gasteiger partial charge in [-0.05, 0) is 50.1 Å². The normalized spacial score (nSPS) is 13.9. The first-order chi connectivity index (χ1) is 9.36. The number of pyridine rings is 1. The van der Waals surface area contributed by atoms with Gasteiger partial charge in [-0.3, -0.25) is 4.98 Å². The van der Waals surface area contributed by atoms with Crippen LogP contribution in [0.1, 0.15) is 29.3 Å². The summed E-state index contributed by atoms with van der Waals surface area (Å²) in [4.78, 5) is 4.11.